The van der Waals surface area contributed by atoms with E-state index in [1.165, 1.54) is 5.56 Å². The Labute approximate surface area is 251 Å². The molecule has 0 saturated carbocycles. The third kappa shape index (κ3) is 8.61. The number of benzene rings is 4. The second-order valence-corrected chi connectivity index (χ2v) is 20.5. The minimum atomic E-state index is -2.17. The molecule has 218 valence electrons. The number of esters is 1. The number of methoxy groups -OCH3 is 1. The predicted molar refractivity (Wildman–Crippen MR) is 174 cm³/mol. The number of rotatable bonds is 12. The van der Waals surface area contributed by atoms with E-state index in [2.05, 4.69) is 32.3 Å². The maximum absolute atomic E-state index is 13.1. The summed E-state index contributed by atoms with van der Waals surface area (Å²) in [5, 5.41) is 0. The summed E-state index contributed by atoms with van der Waals surface area (Å²) in [6.45, 7) is 10.5. The summed E-state index contributed by atoms with van der Waals surface area (Å²) in [6, 6.07) is 32.6. The normalized spacial score (nSPS) is 11.7. The van der Waals surface area contributed by atoms with Crippen LogP contribution < -0.4 is 9.47 Å². The van der Waals surface area contributed by atoms with Crippen molar-refractivity contribution in [2.45, 2.75) is 51.6 Å². The highest BCUT2D eigenvalue weighted by atomic mass is 28.4. The van der Waals surface area contributed by atoms with Crippen LogP contribution in [0.4, 0.5) is 0 Å². The van der Waals surface area contributed by atoms with Crippen molar-refractivity contribution in [2.75, 3.05) is 7.11 Å². The van der Waals surface area contributed by atoms with Crippen molar-refractivity contribution in [3.63, 3.8) is 0 Å². The van der Waals surface area contributed by atoms with Gasteiger partial charge in [0.05, 0.1) is 12.7 Å². The molecule has 4 aromatic rings. The van der Waals surface area contributed by atoms with E-state index in [1.54, 1.807) is 26.2 Å². The molecule has 0 heterocycles. The van der Waals surface area contributed by atoms with Gasteiger partial charge >= 0.3 is 5.97 Å². The first-order valence-electron chi connectivity index (χ1n) is 14.3. The van der Waals surface area contributed by atoms with Gasteiger partial charge in [0.2, 0.25) is 0 Å². The Bertz CT molecular complexity index is 1530. The zero-order valence-electron chi connectivity index (χ0n) is 25.4. The maximum Gasteiger partial charge on any atom is 0.343 e. The number of ketones is 1. The monoisotopic (exact) mass is 596 g/mol. The van der Waals surface area contributed by atoms with E-state index in [0.29, 0.717) is 23.3 Å². The molecule has 0 aliphatic rings. The van der Waals surface area contributed by atoms with Gasteiger partial charge < -0.3 is 13.6 Å². The smallest absolute Gasteiger partial charge is 0.343 e. The molecule has 4 rings (SSSR count). The SMILES string of the molecule is COc1ccccc1C[Si](C)(C)O[Si](C)(C)Cc1ccccc1OC(=O)c1ccc(Cc2ccc(C(C)=O)cc2)cc1. The average Bonchev–Trinajstić information content (AvgIpc) is 2.94. The van der Waals surface area contributed by atoms with Crippen LogP contribution in [-0.4, -0.2) is 35.5 Å². The number of Topliss-reactive ketones (excluding diaryl/α,β-unsaturated/α-hetero) is 1. The van der Waals surface area contributed by atoms with Crippen LogP contribution in [0.3, 0.4) is 0 Å². The Morgan fingerprint density at radius 2 is 1.07 bits per heavy atom. The van der Waals surface area contributed by atoms with Gasteiger partial charge in [0.25, 0.3) is 0 Å². The molecule has 0 fully saturated rings. The third-order valence-electron chi connectivity index (χ3n) is 7.11. The zero-order valence-corrected chi connectivity index (χ0v) is 27.4. The molecule has 0 aliphatic carbocycles. The van der Waals surface area contributed by atoms with Gasteiger partial charge in [0, 0.05) is 5.56 Å². The van der Waals surface area contributed by atoms with Crippen LogP contribution >= 0.6 is 0 Å². The average molecular weight is 597 g/mol. The minimum absolute atomic E-state index is 0.0548. The van der Waals surface area contributed by atoms with Gasteiger partial charge in [-0.3, -0.25) is 4.79 Å². The highest BCUT2D eigenvalue weighted by molar-refractivity contribution is 6.84. The van der Waals surface area contributed by atoms with Crippen LogP contribution in [0.2, 0.25) is 26.2 Å². The molecule has 0 aliphatic heterocycles. The quantitative estimate of drug-likeness (QED) is 0.0718. The van der Waals surface area contributed by atoms with Crippen LogP contribution in [-0.2, 0) is 22.6 Å². The van der Waals surface area contributed by atoms with Crippen molar-refractivity contribution < 1.29 is 23.2 Å². The van der Waals surface area contributed by atoms with Gasteiger partial charge in [-0.25, -0.2) is 4.79 Å². The van der Waals surface area contributed by atoms with E-state index in [1.807, 2.05) is 78.9 Å². The Balaban J connectivity index is 1.40. The fourth-order valence-electron chi connectivity index (χ4n) is 5.35. The molecular weight excluding hydrogens is 557 g/mol. The lowest BCUT2D eigenvalue weighted by Crippen LogP contribution is -2.47. The topological polar surface area (TPSA) is 61.8 Å². The third-order valence-corrected chi connectivity index (χ3v) is 14.0. The molecule has 0 bridgehead atoms. The fraction of sp³-hybridized carbons (Fsp3) is 0.257. The van der Waals surface area contributed by atoms with Crippen molar-refractivity contribution in [3.05, 3.63) is 130 Å². The first kappa shape index (κ1) is 31.2. The van der Waals surface area contributed by atoms with Crippen LogP contribution in [0.25, 0.3) is 0 Å². The van der Waals surface area contributed by atoms with Crippen molar-refractivity contribution in [2.24, 2.45) is 0 Å². The number of hydrogen-bond donors (Lipinski definition) is 0. The molecule has 0 atom stereocenters. The van der Waals surface area contributed by atoms with Gasteiger partial charge in [0.1, 0.15) is 11.5 Å². The lowest BCUT2D eigenvalue weighted by Gasteiger charge is -2.34. The van der Waals surface area contributed by atoms with Gasteiger partial charge in [0.15, 0.2) is 22.4 Å². The Morgan fingerprint density at radius 1 is 0.619 bits per heavy atom. The number of hydrogen-bond acceptors (Lipinski definition) is 5. The van der Waals surface area contributed by atoms with Crippen molar-refractivity contribution in [1.82, 2.24) is 0 Å². The Kier molecular flexibility index (Phi) is 9.99. The zero-order chi connectivity index (χ0) is 30.3. The molecule has 0 saturated heterocycles. The van der Waals surface area contributed by atoms with Gasteiger partial charge in [-0.15, -0.1) is 0 Å². The highest BCUT2D eigenvalue weighted by Gasteiger charge is 2.34. The van der Waals surface area contributed by atoms with Crippen LogP contribution in [0.15, 0.2) is 97.1 Å². The summed E-state index contributed by atoms with van der Waals surface area (Å²) in [7, 11) is -2.53. The van der Waals surface area contributed by atoms with Gasteiger partial charge in [-0.2, -0.15) is 0 Å². The van der Waals surface area contributed by atoms with Crippen molar-refractivity contribution in [1.29, 1.82) is 0 Å². The van der Waals surface area contributed by atoms with Gasteiger partial charge in [-0.05, 0) is 98.1 Å². The van der Waals surface area contributed by atoms with Crippen LogP contribution in [0, 0.1) is 0 Å². The molecule has 5 nitrogen and oxygen atoms in total. The predicted octanol–water partition coefficient (Wildman–Crippen LogP) is 8.00. The number of carbonyl (C=O) groups excluding carboxylic acids is 2. The fourth-order valence-corrected chi connectivity index (χ4v) is 14.3. The van der Waals surface area contributed by atoms with E-state index >= 15 is 0 Å². The lowest BCUT2D eigenvalue weighted by molar-refractivity contribution is 0.0733. The molecule has 0 amide bonds. The van der Waals surface area contributed by atoms with Crippen molar-refractivity contribution >= 4 is 28.4 Å². The van der Waals surface area contributed by atoms with E-state index < -0.39 is 16.6 Å². The molecular formula is C35H40O5Si2. The number of ether oxygens (including phenoxy) is 2. The molecule has 7 heteroatoms. The van der Waals surface area contributed by atoms with Crippen LogP contribution in [0.1, 0.15) is 49.9 Å². The number of carbonyl (C=O) groups is 2. The minimum Gasteiger partial charge on any atom is -0.496 e. The summed E-state index contributed by atoms with van der Waals surface area (Å²) in [5.74, 6) is 1.14. The molecule has 4 aromatic carbocycles. The van der Waals surface area contributed by atoms with Gasteiger partial charge in [-0.1, -0.05) is 72.8 Å². The summed E-state index contributed by atoms with van der Waals surface area (Å²) in [6.07, 6.45) is 0.715. The summed E-state index contributed by atoms with van der Waals surface area (Å²) in [5.41, 5.74) is 5.54. The largest absolute Gasteiger partial charge is 0.496 e. The van der Waals surface area contributed by atoms with Crippen LogP contribution in [0.5, 0.6) is 11.5 Å². The molecule has 0 spiro atoms. The van der Waals surface area contributed by atoms with Crippen molar-refractivity contribution in [3.8, 4) is 11.5 Å². The second kappa shape index (κ2) is 13.5. The standard InChI is InChI=1S/C35H40O5Si2/c1-26(36)29-19-15-27(16-20-29)23-28-17-21-30(22-18-28)35(37)39-34-14-10-8-12-32(34)25-42(5,6)40-41(3,4)24-31-11-7-9-13-33(31)38-2/h7-22H,23-25H2,1-6H3. The van der Waals surface area contributed by atoms with E-state index in [0.717, 1.165) is 34.5 Å². The lowest BCUT2D eigenvalue weighted by atomic mass is 10.0. The number of para-hydroxylation sites is 2. The first-order valence-corrected chi connectivity index (χ1v) is 20.5. The molecule has 42 heavy (non-hydrogen) atoms. The first-order chi connectivity index (χ1) is 19.9. The van der Waals surface area contributed by atoms with E-state index in [4.69, 9.17) is 13.6 Å². The maximum atomic E-state index is 13.1. The molecule has 0 N–H and O–H groups in total. The summed E-state index contributed by atoms with van der Waals surface area (Å²) >= 11 is 0. The summed E-state index contributed by atoms with van der Waals surface area (Å²) in [4.78, 5) is 24.6. The molecule has 0 unspecified atom stereocenters. The second-order valence-electron chi connectivity index (χ2n) is 11.9. The Hall–Kier alpha value is -3.79. The van der Waals surface area contributed by atoms with E-state index in [9.17, 15) is 9.59 Å². The van der Waals surface area contributed by atoms with E-state index in [-0.39, 0.29) is 11.8 Å². The highest BCUT2D eigenvalue weighted by Crippen LogP contribution is 2.29. The summed E-state index contributed by atoms with van der Waals surface area (Å²) < 4.78 is 18.4. The molecule has 0 aromatic heterocycles. The molecule has 0 radical (unpaired) electrons. The Morgan fingerprint density at radius 3 is 1.57 bits per heavy atom.